The largest absolute Gasteiger partial charge is 0.414 e. The van der Waals surface area contributed by atoms with Crippen LogP contribution in [-0.2, 0) is 4.43 Å². The van der Waals surface area contributed by atoms with E-state index < -0.39 is 8.32 Å². The van der Waals surface area contributed by atoms with Crippen LogP contribution in [0, 0.1) is 11.8 Å². The fourth-order valence-corrected chi connectivity index (χ4v) is 5.96. The molecule has 1 aliphatic rings. The molecule has 0 aromatic heterocycles. The SMILES string of the molecule is CC(C)C[Si](C)(C)OC1CCC(CO)C1. The molecule has 1 saturated carbocycles. The van der Waals surface area contributed by atoms with Crippen LogP contribution in [0.3, 0.4) is 0 Å². The third-order valence-corrected chi connectivity index (χ3v) is 5.91. The standard InChI is InChI=1S/C12H26O2Si/c1-10(2)9-15(3,4)14-12-6-5-11(7-12)8-13/h10-13H,5-9H2,1-4H3. The van der Waals surface area contributed by atoms with Crippen LogP contribution in [-0.4, -0.2) is 26.1 Å². The van der Waals surface area contributed by atoms with Crippen LogP contribution in [0.15, 0.2) is 0 Å². The Labute approximate surface area is 95.2 Å². The minimum atomic E-state index is -1.46. The van der Waals surface area contributed by atoms with Gasteiger partial charge in [0, 0.05) is 12.7 Å². The molecule has 2 nitrogen and oxygen atoms in total. The Balaban J connectivity index is 2.34. The monoisotopic (exact) mass is 230 g/mol. The van der Waals surface area contributed by atoms with E-state index in [1.54, 1.807) is 0 Å². The summed E-state index contributed by atoms with van der Waals surface area (Å²) in [5.74, 6) is 1.24. The van der Waals surface area contributed by atoms with Gasteiger partial charge in [0.2, 0.25) is 0 Å². The second-order valence-electron chi connectivity index (χ2n) is 5.96. The maximum Gasteiger partial charge on any atom is 0.187 e. The Morgan fingerprint density at radius 2 is 2.00 bits per heavy atom. The molecule has 90 valence electrons. The first-order valence-corrected chi connectivity index (χ1v) is 9.33. The van der Waals surface area contributed by atoms with Crippen LogP contribution in [0.1, 0.15) is 33.1 Å². The fourth-order valence-electron chi connectivity index (χ4n) is 2.78. The molecule has 0 radical (unpaired) electrons. The molecular formula is C12H26O2Si. The summed E-state index contributed by atoms with van der Waals surface area (Å²) in [6.07, 6.45) is 3.81. The lowest BCUT2D eigenvalue weighted by Crippen LogP contribution is -2.35. The normalized spacial score (nSPS) is 27.6. The van der Waals surface area contributed by atoms with E-state index in [9.17, 15) is 0 Å². The molecular weight excluding hydrogens is 204 g/mol. The number of rotatable bonds is 5. The third kappa shape index (κ3) is 4.66. The van der Waals surface area contributed by atoms with E-state index in [1.165, 1.54) is 6.04 Å². The van der Waals surface area contributed by atoms with Crippen molar-refractivity contribution in [3.05, 3.63) is 0 Å². The van der Waals surface area contributed by atoms with E-state index in [0.717, 1.165) is 25.2 Å². The van der Waals surface area contributed by atoms with Gasteiger partial charge in [0.25, 0.3) is 0 Å². The Bertz CT molecular complexity index is 192. The maximum absolute atomic E-state index is 9.08. The highest BCUT2D eigenvalue weighted by Gasteiger charge is 2.32. The van der Waals surface area contributed by atoms with Crippen molar-refractivity contribution >= 4 is 8.32 Å². The summed E-state index contributed by atoms with van der Waals surface area (Å²) in [4.78, 5) is 0. The van der Waals surface area contributed by atoms with Gasteiger partial charge >= 0.3 is 0 Å². The lowest BCUT2D eigenvalue weighted by Gasteiger charge is -2.28. The lowest BCUT2D eigenvalue weighted by atomic mass is 10.1. The van der Waals surface area contributed by atoms with E-state index in [2.05, 4.69) is 26.9 Å². The van der Waals surface area contributed by atoms with Gasteiger partial charge in [-0.3, -0.25) is 0 Å². The lowest BCUT2D eigenvalue weighted by molar-refractivity contribution is 0.174. The topological polar surface area (TPSA) is 29.5 Å². The molecule has 0 saturated heterocycles. The van der Waals surface area contributed by atoms with Crippen LogP contribution >= 0.6 is 0 Å². The van der Waals surface area contributed by atoms with Crippen molar-refractivity contribution in [2.75, 3.05) is 6.61 Å². The molecule has 0 aromatic rings. The van der Waals surface area contributed by atoms with Gasteiger partial charge in [-0.2, -0.15) is 0 Å². The van der Waals surface area contributed by atoms with E-state index in [4.69, 9.17) is 9.53 Å². The van der Waals surface area contributed by atoms with Crippen molar-refractivity contribution in [1.29, 1.82) is 0 Å². The molecule has 1 N–H and O–H groups in total. The van der Waals surface area contributed by atoms with E-state index in [-0.39, 0.29) is 0 Å². The predicted molar refractivity (Wildman–Crippen MR) is 66.4 cm³/mol. The van der Waals surface area contributed by atoms with Crippen molar-refractivity contribution in [1.82, 2.24) is 0 Å². The quantitative estimate of drug-likeness (QED) is 0.736. The molecule has 0 aliphatic heterocycles. The van der Waals surface area contributed by atoms with Gasteiger partial charge in [-0.1, -0.05) is 13.8 Å². The van der Waals surface area contributed by atoms with Crippen LogP contribution < -0.4 is 0 Å². The van der Waals surface area contributed by atoms with Gasteiger partial charge in [-0.25, -0.2) is 0 Å². The zero-order valence-corrected chi connectivity index (χ0v) is 11.6. The number of aliphatic hydroxyl groups is 1. The molecule has 1 rings (SSSR count). The van der Waals surface area contributed by atoms with Crippen LogP contribution in [0.25, 0.3) is 0 Å². The van der Waals surface area contributed by atoms with Gasteiger partial charge in [0.15, 0.2) is 8.32 Å². The number of hydrogen-bond donors (Lipinski definition) is 1. The van der Waals surface area contributed by atoms with Crippen LogP contribution in [0.2, 0.25) is 19.1 Å². The summed E-state index contributed by atoms with van der Waals surface area (Å²) in [5.41, 5.74) is 0. The highest BCUT2D eigenvalue weighted by molar-refractivity contribution is 6.71. The van der Waals surface area contributed by atoms with Crippen molar-refractivity contribution in [2.24, 2.45) is 11.8 Å². The minimum absolute atomic E-state index is 0.339. The summed E-state index contributed by atoms with van der Waals surface area (Å²) in [5, 5.41) is 9.08. The molecule has 0 aromatic carbocycles. The van der Waals surface area contributed by atoms with Gasteiger partial charge in [0.1, 0.15) is 0 Å². The first kappa shape index (κ1) is 13.2. The number of hydrogen-bond acceptors (Lipinski definition) is 2. The van der Waals surface area contributed by atoms with Crippen LogP contribution in [0.5, 0.6) is 0 Å². The summed E-state index contributed by atoms with van der Waals surface area (Å²) in [7, 11) is -1.46. The fraction of sp³-hybridized carbons (Fsp3) is 1.00. The molecule has 2 unspecified atom stereocenters. The molecule has 0 amide bonds. The maximum atomic E-state index is 9.08. The van der Waals surface area contributed by atoms with Gasteiger partial charge in [-0.05, 0) is 50.2 Å². The zero-order chi connectivity index (χ0) is 11.5. The Morgan fingerprint density at radius 1 is 1.33 bits per heavy atom. The van der Waals surface area contributed by atoms with E-state index in [0.29, 0.717) is 18.6 Å². The molecule has 1 fully saturated rings. The zero-order valence-electron chi connectivity index (χ0n) is 10.6. The summed E-state index contributed by atoms with van der Waals surface area (Å²) in [6, 6.07) is 1.24. The molecule has 1 aliphatic carbocycles. The van der Waals surface area contributed by atoms with Crippen molar-refractivity contribution in [2.45, 2.75) is 58.4 Å². The van der Waals surface area contributed by atoms with Crippen molar-refractivity contribution in [3.63, 3.8) is 0 Å². The first-order chi connectivity index (χ1) is 6.93. The highest BCUT2D eigenvalue weighted by atomic mass is 28.4. The Hall–Kier alpha value is 0.137. The average Bonchev–Trinajstić information content (AvgIpc) is 2.48. The van der Waals surface area contributed by atoms with Gasteiger partial charge in [0.05, 0.1) is 0 Å². The molecule has 0 spiro atoms. The average molecular weight is 230 g/mol. The molecule has 3 heteroatoms. The molecule has 0 heterocycles. The second-order valence-corrected chi connectivity index (χ2v) is 10.1. The summed E-state index contributed by atoms with van der Waals surface area (Å²) >= 11 is 0. The third-order valence-electron chi connectivity index (χ3n) is 3.14. The molecule has 0 bridgehead atoms. The van der Waals surface area contributed by atoms with Crippen molar-refractivity contribution < 1.29 is 9.53 Å². The smallest absolute Gasteiger partial charge is 0.187 e. The van der Waals surface area contributed by atoms with Crippen molar-refractivity contribution in [3.8, 4) is 0 Å². The second kappa shape index (κ2) is 5.46. The number of aliphatic hydroxyl groups excluding tert-OH is 1. The van der Waals surface area contributed by atoms with E-state index in [1.807, 2.05) is 0 Å². The highest BCUT2D eigenvalue weighted by Crippen LogP contribution is 2.31. The Morgan fingerprint density at radius 3 is 2.47 bits per heavy atom. The predicted octanol–water partition coefficient (Wildman–Crippen LogP) is 3.03. The summed E-state index contributed by atoms with van der Waals surface area (Å²) in [6.45, 7) is 9.51. The van der Waals surface area contributed by atoms with Gasteiger partial charge < -0.3 is 9.53 Å². The van der Waals surface area contributed by atoms with Crippen LogP contribution in [0.4, 0.5) is 0 Å². The minimum Gasteiger partial charge on any atom is -0.414 e. The Kier molecular flexibility index (Phi) is 4.81. The molecule has 2 atom stereocenters. The summed E-state index contributed by atoms with van der Waals surface area (Å²) < 4.78 is 6.27. The first-order valence-electron chi connectivity index (χ1n) is 6.21. The van der Waals surface area contributed by atoms with Gasteiger partial charge in [-0.15, -0.1) is 0 Å². The van der Waals surface area contributed by atoms with E-state index >= 15 is 0 Å². The molecule has 15 heavy (non-hydrogen) atoms.